The van der Waals surface area contributed by atoms with Crippen molar-refractivity contribution in [2.24, 2.45) is 0 Å². The molecule has 8 heteroatoms. The van der Waals surface area contributed by atoms with Crippen LogP contribution in [0.2, 0.25) is 0 Å². The first kappa shape index (κ1) is 21.6. The molecule has 0 aliphatic heterocycles. The molecule has 0 saturated heterocycles. The summed E-state index contributed by atoms with van der Waals surface area (Å²) in [5, 5.41) is 5.95. The molecule has 0 radical (unpaired) electrons. The number of likely N-dealkylation sites (N-methyl/N-ethyl adjacent to an activating group) is 1. The molecule has 2 aromatic carbocycles. The van der Waals surface area contributed by atoms with Gasteiger partial charge < -0.3 is 20.3 Å². The Morgan fingerprint density at radius 2 is 1.68 bits per heavy atom. The summed E-state index contributed by atoms with van der Waals surface area (Å²) in [4.78, 5) is 14.7. The molecule has 0 unspecified atom stereocenters. The Morgan fingerprint density at radius 1 is 1.04 bits per heavy atom. The van der Waals surface area contributed by atoms with Crippen LogP contribution in [0.1, 0.15) is 24.2 Å². The Kier molecular flexibility index (Phi) is 7.69. The number of anilines is 2. The van der Waals surface area contributed by atoms with Crippen LogP contribution in [0.25, 0.3) is 0 Å². The van der Waals surface area contributed by atoms with Gasteiger partial charge in [0.1, 0.15) is 5.75 Å². The number of ether oxygens (including phenoxy) is 1. The molecule has 0 aromatic heterocycles. The number of carbonyl (C=O) groups excluding carboxylic acids is 1. The average Bonchev–Trinajstić information content (AvgIpc) is 2.66. The van der Waals surface area contributed by atoms with Crippen molar-refractivity contribution in [3.63, 3.8) is 0 Å². The third kappa shape index (κ3) is 6.77. The van der Waals surface area contributed by atoms with E-state index >= 15 is 0 Å². The van der Waals surface area contributed by atoms with E-state index < -0.39 is 6.36 Å². The lowest BCUT2D eigenvalue weighted by Crippen LogP contribution is -2.35. The minimum Gasteiger partial charge on any atom is -0.406 e. The Labute approximate surface area is 162 Å². The molecule has 0 spiro atoms. The lowest BCUT2D eigenvalue weighted by atomic mass is 10.1. The fourth-order valence-electron chi connectivity index (χ4n) is 2.65. The van der Waals surface area contributed by atoms with Crippen LogP contribution < -0.4 is 15.4 Å². The molecule has 2 aromatic rings. The number of hydrogen-bond acceptors (Lipinski definition) is 4. The maximum atomic E-state index is 12.5. The molecule has 0 heterocycles. The van der Waals surface area contributed by atoms with Gasteiger partial charge in [-0.05, 0) is 49.5 Å². The third-order valence-electron chi connectivity index (χ3n) is 4.15. The number of alkyl halides is 3. The summed E-state index contributed by atoms with van der Waals surface area (Å²) in [6.45, 7) is 7.25. The normalized spacial score (nSPS) is 11.4. The van der Waals surface area contributed by atoms with Gasteiger partial charge in [0.2, 0.25) is 0 Å². The number of carbonyl (C=O) groups is 1. The predicted octanol–water partition coefficient (Wildman–Crippen LogP) is 4.40. The van der Waals surface area contributed by atoms with E-state index in [0.717, 1.165) is 19.6 Å². The fourth-order valence-corrected chi connectivity index (χ4v) is 2.65. The minimum absolute atomic E-state index is 0.215. The molecule has 0 aliphatic carbocycles. The number of hydrogen-bond donors (Lipinski definition) is 2. The van der Waals surface area contributed by atoms with Crippen molar-refractivity contribution < 1.29 is 22.7 Å². The maximum Gasteiger partial charge on any atom is 0.573 e. The van der Waals surface area contributed by atoms with Gasteiger partial charge in [-0.1, -0.05) is 26.0 Å². The third-order valence-corrected chi connectivity index (χ3v) is 4.15. The molecule has 0 atom stereocenters. The molecule has 1 amide bonds. The van der Waals surface area contributed by atoms with Crippen molar-refractivity contribution in [3.05, 3.63) is 54.1 Å². The van der Waals surface area contributed by atoms with Gasteiger partial charge in [0.25, 0.3) is 5.91 Å². The first-order valence-corrected chi connectivity index (χ1v) is 9.04. The van der Waals surface area contributed by atoms with Crippen LogP contribution in [-0.2, 0) is 0 Å². The zero-order valence-electron chi connectivity index (χ0n) is 15.8. The van der Waals surface area contributed by atoms with Gasteiger partial charge in [0, 0.05) is 18.8 Å². The Balaban J connectivity index is 2.02. The molecular formula is C20H24F3N3O2. The molecule has 0 aliphatic rings. The van der Waals surface area contributed by atoms with Gasteiger partial charge in [-0.2, -0.15) is 0 Å². The summed E-state index contributed by atoms with van der Waals surface area (Å²) < 4.78 is 40.6. The molecule has 0 bridgehead atoms. The smallest absolute Gasteiger partial charge is 0.406 e. The summed E-state index contributed by atoms with van der Waals surface area (Å²) in [7, 11) is 0. The average molecular weight is 395 g/mol. The van der Waals surface area contributed by atoms with Crippen LogP contribution in [0.5, 0.6) is 5.75 Å². The van der Waals surface area contributed by atoms with Crippen LogP contribution in [0, 0.1) is 0 Å². The zero-order valence-corrected chi connectivity index (χ0v) is 15.8. The van der Waals surface area contributed by atoms with Crippen molar-refractivity contribution in [1.29, 1.82) is 0 Å². The number of benzene rings is 2. The van der Waals surface area contributed by atoms with E-state index in [9.17, 15) is 18.0 Å². The standard InChI is InChI=1S/C20H24F3N3O2/c1-3-26(4-2)14-13-24-19(27)17-7-5-6-8-18(17)25-15-9-11-16(12-10-15)28-20(21,22)23/h5-12,25H,3-4,13-14H2,1-2H3,(H,24,27). The van der Waals surface area contributed by atoms with Gasteiger partial charge in [0.15, 0.2) is 0 Å². The van der Waals surface area contributed by atoms with Crippen molar-refractivity contribution in [2.45, 2.75) is 20.2 Å². The van der Waals surface area contributed by atoms with E-state index in [1.807, 2.05) is 0 Å². The first-order chi connectivity index (χ1) is 13.3. The van der Waals surface area contributed by atoms with Gasteiger partial charge in [-0.15, -0.1) is 13.2 Å². The summed E-state index contributed by atoms with van der Waals surface area (Å²) in [6.07, 6.45) is -4.73. The molecule has 2 rings (SSSR count). The van der Waals surface area contributed by atoms with Crippen LogP contribution >= 0.6 is 0 Å². The Hall–Kier alpha value is -2.74. The quantitative estimate of drug-likeness (QED) is 0.661. The van der Waals surface area contributed by atoms with Crippen LogP contribution in [0.15, 0.2) is 48.5 Å². The summed E-state index contributed by atoms with van der Waals surface area (Å²) in [5.74, 6) is -0.521. The number of amides is 1. The highest BCUT2D eigenvalue weighted by Crippen LogP contribution is 2.26. The van der Waals surface area contributed by atoms with E-state index in [0.29, 0.717) is 23.5 Å². The van der Waals surface area contributed by atoms with E-state index in [-0.39, 0.29) is 11.7 Å². The largest absolute Gasteiger partial charge is 0.573 e. The van der Waals surface area contributed by atoms with Crippen LogP contribution in [0.3, 0.4) is 0 Å². The van der Waals surface area contributed by atoms with Gasteiger partial charge >= 0.3 is 6.36 Å². The maximum absolute atomic E-state index is 12.5. The highest BCUT2D eigenvalue weighted by molar-refractivity contribution is 6.00. The summed E-state index contributed by atoms with van der Waals surface area (Å²) in [5.41, 5.74) is 1.56. The lowest BCUT2D eigenvalue weighted by molar-refractivity contribution is -0.274. The molecule has 0 fully saturated rings. The SMILES string of the molecule is CCN(CC)CCNC(=O)c1ccccc1Nc1ccc(OC(F)(F)F)cc1. The number of para-hydroxylation sites is 1. The van der Waals surface area contributed by atoms with Crippen molar-refractivity contribution in [3.8, 4) is 5.75 Å². The van der Waals surface area contributed by atoms with E-state index in [2.05, 4.69) is 34.1 Å². The molecular weight excluding hydrogens is 371 g/mol. The fraction of sp³-hybridized carbons (Fsp3) is 0.350. The van der Waals surface area contributed by atoms with Crippen LogP contribution in [0.4, 0.5) is 24.5 Å². The number of nitrogens with zero attached hydrogens (tertiary/aromatic N) is 1. The second-order valence-corrected chi connectivity index (χ2v) is 6.03. The van der Waals surface area contributed by atoms with E-state index in [4.69, 9.17) is 0 Å². The van der Waals surface area contributed by atoms with Crippen molar-refractivity contribution in [2.75, 3.05) is 31.5 Å². The Bertz CT molecular complexity index is 760. The summed E-state index contributed by atoms with van der Waals surface area (Å²) in [6, 6.07) is 12.3. The van der Waals surface area contributed by atoms with Crippen molar-refractivity contribution >= 4 is 17.3 Å². The molecule has 0 saturated carbocycles. The second kappa shape index (κ2) is 9.98. The number of halogens is 3. The van der Waals surface area contributed by atoms with Crippen molar-refractivity contribution in [1.82, 2.24) is 10.2 Å². The lowest BCUT2D eigenvalue weighted by Gasteiger charge is -2.18. The predicted molar refractivity (Wildman–Crippen MR) is 103 cm³/mol. The topological polar surface area (TPSA) is 53.6 Å². The van der Waals surface area contributed by atoms with Crippen LogP contribution in [-0.4, -0.2) is 43.3 Å². The highest BCUT2D eigenvalue weighted by atomic mass is 19.4. The molecule has 152 valence electrons. The molecule has 5 nitrogen and oxygen atoms in total. The first-order valence-electron chi connectivity index (χ1n) is 9.04. The second-order valence-electron chi connectivity index (χ2n) is 6.03. The van der Waals surface area contributed by atoms with Gasteiger partial charge in [-0.25, -0.2) is 0 Å². The Morgan fingerprint density at radius 3 is 2.29 bits per heavy atom. The molecule has 2 N–H and O–H groups in total. The molecule has 28 heavy (non-hydrogen) atoms. The highest BCUT2D eigenvalue weighted by Gasteiger charge is 2.30. The monoisotopic (exact) mass is 395 g/mol. The minimum atomic E-state index is -4.73. The summed E-state index contributed by atoms with van der Waals surface area (Å²) >= 11 is 0. The zero-order chi connectivity index (χ0) is 20.6. The number of rotatable bonds is 9. The van der Waals surface area contributed by atoms with Gasteiger partial charge in [0.05, 0.1) is 11.3 Å². The number of nitrogens with one attached hydrogen (secondary N) is 2. The van der Waals surface area contributed by atoms with E-state index in [1.165, 1.54) is 24.3 Å². The van der Waals surface area contributed by atoms with Gasteiger partial charge in [-0.3, -0.25) is 4.79 Å². The van der Waals surface area contributed by atoms with E-state index in [1.54, 1.807) is 24.3 Å².